The minimum atomic E-state index is -1.05. The second-order valence-electron chi connectivity index (χ2n) is 4.09. The number of carboxylic acids is 1. The van der Waals surface area contributed by atoms with Crippen molar-refractivity contribution < 1.29 is 19.1 Å². The summed E-state index contributed by atoms with van der Waals surface area (Å²) in [6, 6.07) is 5.02. The third-order valence-corrected chi connectivity index (χ3v) is 3.58. The van der Waals surface area contributed by atoms with Gasteiger partial charge in [0.25, 0.3) is 0 Å². The Morgan fingerprint density at radius 2 is 2.33 bits per heavy atom. The maximum atomic E-state index is 11.1. The molecule has 0 radical (unpaired) electrons. The molecule has 0 saturated carbocycles. The van der Waals surface area contributed by atoms with E-state index in [4.69, 9.17) is 14.3 Å². The number of hydrogen-bond donors (Lipinski definition) is 1. The number of hydrogen-bond acceptors (Lipinski definition) is 6. The summed E-state index contributed by atoms with van der Waals surface area (Å²) < 4.78 is 10.8. The predicted octanol–water partition coefficient (Wildman–Crippen LogP) is 3.08. The molecule has 7 heteroatoms. The summed E-state index contributed by atoms with van der Waals surface area (Å²) in [5.41, 5.74) is 0.776. The SMILES string of the molecule is O=C(O)c1ccncc1OCc1csc(-c2ccco2)n1. The first-order valence-electron chi connectivity index (χ1n) is 6.02. The molecule has 0 unspecified atom stereocenters. The van der Waals surface area contributed by atoms with Crippen molar-refractivity contribution >= 4 is 17.3 Å². The number of aromatic carboxylic acids is 1. The highest BCUT2D eigenvalue weighted by molar-refractivity contribution is 7.13. The summed E-state index contributed by atoms with van der Waals surface area (Å²) >= 11 is 1.44. The summed E-state index contributed by atoms with van der Waals surface area (Å²) in [5.74, 6) is -0.140. The van der Waals surface area contributed by atoms with Gasteiger partial charge in [-0.1, -0.05) is 0 Å². The number of thiazole rings is 1. The molecule has 0 spiro atoms. The molecular weight excluding hydrogens is 292 g/mol. The molecule has 0 saturated heterocycles. The molecule has 106 valence electrons. The van der Waals surface area contributed by atoms with Gasteiger partial charge in [-0.05, 0) is 18.2 Å². The van der Waals surface area contributed by atoms with Crippen molar-refractivity contribution in [3.63, 3.8) is 0 Å². The van der Waals surface area contributed by atoms with Gasteiger partial charge in [0.1, 0.15) is 12.2 Å². The lowest BCUT2D eigenvalue weighted by Crippen LogP contribution is -2.04. The van der Waals surface area contributed by atoms with Crippen LogP contribution in [0, 0.1) is 0 Å². The van der Waals surface area contributed by atoms with E-state index in [1.165, 1.54) is 29.8 Å². The topological polar surface area (TPSA) is 85.5 Å². The molecule has 0 aliphatic carbocycles. The minimum Gasteiger partial charge on any atom is -0.485 e. The highest BCUT2D eigenvalue weighted by Crippen LogP contribution is 2.25. The first-order valence-corrected chi connectivity index (χ1v) is 6.90. The van der Waals surface area contributed by atoms with E-state index < -0.39 is 5.97 Å². The van der Waals surface area contributed by atoms with E-state index in [9.17, 15) is 4.79 Å². The number of rotatable bonds is 5. The van der Waals surface area contributed by atoms with Gasteiger partial charge in [0.15, 0.2) is 16.5 Å². The highest BCUT2D eigenvalue weighted by Gasteiger charge is 2.12. The fraction of sp³-hybridized carbons (Fsp3) is 0.0714. The molecule has 0 aromatic carbocycles. The number of pyridine rings is 1. The molecule has 3 rings (SSSR count). The molecule has 3 heterocycles. The van der Waals surface area contributed by atoms with Gasteiger partial charge in [-0.2, -0.15) is 0 Å². The van der Waals surface area contributed by atoms with Crippen LogP contribution in [0.15, 0.2) is 46.7 Å². The van der Waals surface area contributed by atoms with Crippen molar-refractivity contribution in [3.05, 3.63) is 53.5 Å². The van der Waals surface area contributed by atoms with Crippen molar-refractivity contribution in [3.8, 4) is 16.5 Å². The van der Waals surface area contributed by atoms with Crippen LogP contribution in [-0.2, 0) is 6.61 Å². The summed E-state index contributed by atoms with van der Waals surface area (Å²) in [6.45, 7) is 0.170. The second-order valence-corrected chi connectivity index (χ2v) is 4.95. The summed E-state index contributed by atoms with van der Waals surface area (Å²) in [4.78, 5) is 19.3. The Balaban J connectivity index is 1.73. The zero-order valence-corrected chi connectivity index (χ0v) is 11.5. The monoisotopic (exact) mass is 302 g/mol. The number of nitrogens with zero attached hydrogens (tertiary/aromatic N) is 2. The molecule has 0 aliphatic heterocycles. The Kier molecular flexibility index (Phi) is 3.65. The van der Waals surface area contributed by atoms with E-state index in [2.05, 4.69) is 9.97 Å². The Morgan fingerprint density at radius 3 is 3.10 bits per heavy atom. The largest absolute Gasteiger partial charge is 0.485 e. The van der Waals surface area contributed by atoms with Gasteiger partial charge in [-0.15, -0.1) is 11.3 Å². The lowest BCUT2D eigenvalue weighted by Gasteiger charge is -2.06. The maximum Gasteiger partial charge on any atom is 0.339 e. The fourth-order valence-electron chi connectivity index (χ4n) is 1.71. The van der Waals surface area contributed by atoms with Crippen LogP contribution in [-0.4, -0.2) is 21.0 Å². The third kappa shape index (κ3) is 2.92. The summed E-state index contributed by atoms with van der Waals surface area (Å²) in [6.07, 6.45) is 4.37. The van der Waals surface area contributed by atoms with Crippen molar-refractivity contribution in [1.29, 1.82) is 0 Å². The zero-order valence-electron chi connectivity index (χ0n) is 10.7. The third-order valence-electron chi connectivity index (χ3n) is 2.67. The molecule has 0 aliphatic rings. The average Bonchev–Trinajstić information content (AvgIpc) is 3.16. The molecule has 3 aromatic rings. The van der Waals surface area contributed by atoms with Crippen LogP contribution >= 0.6 is 11.3 Å². The Bertz CT molecular complexity index is 752. The van der Waals surface area contributed by atoms with Crippen LogP contribution in [0.2, 0.25) is 0 Å². The molecule has 0 fully saturated rings. The van der Waals surface area contributed by atoms with E-state index in [0.717, 1.165) is 5.01 Å². The van der Waals surface area contributed by atoms with Crippen LogP contribution in [0.5, 0.6) is 5.75 Å². The number of carbonyl (C=O) groups is 1. The zero-order chi connectivity index (χ0) is 14.7. The number of aromatic nitrogens is 2. The molecule has 6 nitrogen and oxygen atoms in total. The van der Waals surface area contributed by atoms with Crippen LogP contribution in [0.4, 0.5) is 0 Å². The van der Waals surface area contributed by atoms with Crippen LogP contribution < -0.4 is 4.74 Å². The smallest absolute Gasteiger partial charge is 0.339 e. The molecular formula is C14H10N2O4S. The van der Waals surface area contributed by atoms with E-state index in [0.29, 0.717) is 11.5 Å². The molecule has 0 bridgehead atoms. The molecule has 0 atom stereocenters. The van der Waals surface area contributed by atoms with Gasteiger partial charge in [-0.25, -0.2) is 9.78 Å². The van der Waals surface area contributed by atoms with Crippen molar-refractivity contribution in [2.45, 2.75) is 6.61 Å². The number of furan rings is 1. The van der Waals surface area contributed by atoms with Gasteiger partial charge in [0.05, 0.1) is 18.2 Å². The van der Waals surface area contributed by atoms with E-state index in [1.807, 2.05) is 11.4 Å². The van der Waals surface area contributed by atoms with Gasteiger partial charge in [0, 0.05) is 11.6 Å². The lowest BCUT2D eigenvalue weighted by molar-refractivity contribution is 0.0691. The standard InChI is InChI=1S/C14H10N2O4S/c17-14(18)10-3-4-15-6-12(10)20-7-9-8-21-13(16-9)11-2-1-5-19-11/h1-6,8H,7H2,(H,17,18). The quantitative estimate of drug-likeness (QED) is 0.779. The van der Waals surface area contributed by atoms with Crippen LogP contribution in [0.25, 0.3) is 10.8 Å². The average molecular weight is 302 g/mol. The van der Waals surface area contributed by atoms with Crippen molar-refractivity contribution in [1.82, 2.24) is 9.97 Å². The molecule has 1 N–H and O–H groups in total. The van der Waals surface area contributed by atoms with Crippen molar-refractivity contribution in [2.75, 3.05) is 0 Å². The second kappa shape index (κ2) is 5.76. The lowest BCUT2D eigenvalue weighted by atomic mass is 10.2. The maximum absolute atomic E-state index is 11.1. The van der Waals surface area contributed by atoms with Crippen LogP contribution in [0.3, 0.4) is 0 Å². The highest BCUT2D eigenvalue weighted by atomic mass is 32.1. The van der Waals surface area contributed by atoms with E-state index in [-0.39, 0.29) is 17.9 Å². The van der Waals surface area contributed by atoms with Crippen molar-refractivity contribution in [2.24, 2.45) is 0 Å². The number of ether oxygens (including phenoxy) is 1. The first-order chi connectivity index (χ1) is 10.2. The summed E-state index contributed by atoms with van der Waals surface area (Å²) in [5, 5.41) is 11.7. The normalized spacial score (nSPS) is 10.5. The van der Waals surface area contributed by atoms with E-state index in [1.54, 1.807) is 12.3 Å². The number of carboxylic acid groups (broad SMARTS) is 1. The van der Waals surface area contributed by atoms with Crippen LogP contribution in [0.1, 0.15) is 16.1 Å². The van der Waals surface area contributed by atoms with Gasteiger partial charge >= 0.3 is 5.97 Å². The van der Waals surface area contributed by atoms with Gasteiger partial charge < -0.3 is 14.3 Å². The summed E-state index contributed by atoms with van der Waals surface area (Å²) in [7, 11) is 0. The molecule has 3 aromatic heterocycles. The Hall–Kier alpha value is -2.67. The molecule has 0 amide bonds. The Labute approximate surface area is 123 Å². The van der Waals surface area contributed by atoms with E-state index >= 15 is 0 Å². The minimum absolute atomic E-state index is 0.0755. The van der Waals surface area contributed by atoms with Gasteiger partial charge in [0.2, 0.25) is 0 Å². The fourth-order valence-corrected chi connectivity index (χ4v) is 2.48. The van der Waals surface area contributed by atoms with Gasteiger partial charge in [-0.3, -0.25) is 4.98 Å². The Morgan fingerprint density at radius 1 is 1.43 bits per heavy atom. The predicted molar refractivity (Wildman–Crippen MR) is 75.3 cm³/mol. The molecule has 21 heavy (non-hydrogen) atoms. The first kappa shape index (κ1) is 13.3.